The fourth-order valence-electron chi connectivity index (χ4n) is 5.02. The third-order valence-electron chi connectivity index (χ3n) is 7.21. The second-order valence-corrected chi connectivity index (χ2v) is 9.82. The molecule has 0 nitrogen and oxygen atoms in total. The Kier molecular flexibility index (Phi) is 9.99. The number of rotatable bonds is 5. The number of halogens is 3. The van der Waals surface area contributed by atoms with E-state index in [1.165, 1.54) is 63.5 Å². The second-order valence-electron chi connectivity index (χ2n) is 9.82. The number of unbranched alkanes of at least 4 members (excludes halogenated alkanes) is 2. The van der Waals surface area contributed by atoms with Crippen LogP contribution in [0.3, 0.4) is 0 Å². The SMILES string of the molecule is CCCCCC1CCC(C#CC2CCC(C=CC#Cc3ccc(C(F)(F)F)cc3)CC2)CC1. The second kappa shape index (κ2) is 12.9. The molecule has 0 heterocycles. The summed E-state index contributed by atoms with van der Waals surface area (Å²) in [6.07, 6.45) is 15.1. The topological polar surface area (TPSA) is 0 Å². The first-order valence-corrected chi connectivity index (χ1v) is 12.8. The smallest absolute Gasteiger partial charge is 0.166 e. The van der Waals surface area contributed by atoms with Crippen LogP contribution < -0.4 is 0 Å². The molecular formula is C30H37F3. The lowest BCUT2D eigenvalue weighted by molar-refractivity contribution is -0.137. The molecule has 1 aromatic rings. The number of alkyl halides is 3. The summed E-state index contributed by atoms with van der Waals surface area (Å²) in [6.45, 7) is 2.28. The monoisotopic (exact) mass is 454 g/mol. The zero-order chi connectivity index (χ0) is 23.5. The van der Waals surface area contributed by atoms with E-state index in [0.717, 1.165) is 43.7 Å². The molecule has 3 heteroatoms. The molecule has 2 aliphatic carbocycles. The highest BCUT2D eigenvalue weighted by Gasteiger charge is 2.29. The van der Waals surface area contributed by atoms with E-state index in [0.29, 0.717) is 23.3 Å². The summed E-state index contributed by atoms with van der Waals surface area (Å²) in [6, 6.07) is 5.00. The number of hydrogen-bond acceptors (Lipinski definition) is 0. The van der Waals surface area contributed by atoms with Gasteiger partial charge in [-0.05, 0) is 93.5 Å². The lowest BCUT2D eigenvalue weighted by atomic mass is 9.79. The molecule has 0 spiro atoms. The number of benzene rings is 1. The van der Waals surface area contributed by atoms with Gasteiger partial charge in [0.25, 0.3) is 0 Å². The largest absolute Gasteiger partial charge is 0.416 e. The minimum atomic E-state index is -4.30. The van der Waals surface area contributed by atoms with Crippen LogP contribution in [0, 0.1) is 47.4 Å². The van der Waals surface area contributed by atoms with Crippen LogP contribution in [0.25, 0.3) is 0 Å². The van der Waals surface area contributed by atoms with Gasteiger partial charge in [-0.25, -0.2) is 0 Å². The van der Waals surface area contributed by atoms with Crippen molar-refractivity contribution >= 4 is 0 Å². The van der Waals surface area contributed by atoms with Crippen molar-refractivity contribution in [1.82, 2.24) is 0 Å². The molecule has 0 N–H and O–H groups in total. The van der Waals surface area contributed by atoms with Crippen molar-refractivity contribution in [2.75, 3.05) is 0 Å². The van der Waals surface area contributed by atoms with Gasteiger partial charge in [-0.1, -0.05) is 62.4 Å². The van der Waals surface area contributed by atoms with E-state index in [4.69, 9.17) is 0 Å². The van der Waals surface area contributed by atoms with Crippen LogP contribution in [0.2, 0.25) is 0 Å². The van der Waals surface area contributed by atoms with Gasteiger partial charge in [0, 0.05) is 17.4 Å². The molecule has 178 valence electrons. The van der Waals surface area contributed by atoms with Crippen LogP contribution in [0.4, 0.5) is 13.2 Å². The van der Waals surface area contributed by atoms with Crippen molar-refractivity contribution in [1.29, 1.82) is 0 Å². The van der Waals surface area contributed by atoms with Gasteiger partial charge in [0.1, 0.15) is 0 Å². The maximum atomic E-state index is 12.6. The van der Waals surface area contributed by atoms with Gasteiger partial charge in [0.05, 0.1) is 5.56 Å². The summed E-state index contributed by atoms with van der Waals surface area (Å²) in [5, 5.41) is 0. The molecule has 0 aromatic heterocycles. The first-order valence-electron chi connectivity index (χ1n) is 12.8. The Morgan fingerprint density at radius 1 is 0.848 bits per heavy atom. The molecule has 1 aromatic carbocycles. The Morgan fingerprint density at radius 3 is 2.03 bits per heavy atom. The standard InChI is InChI=1S/C30H37F3/c1-2-3-4-7-24-10-14-27(15-11-24)18-19-28-16-12-25(13-17-28)8-5-6-9-26-20-22-29(23-21-26)30(31,32)33/h5,8,20-25,27-28H,2-4,7,10-17H2,1H3. The van der Waals surface area contributed by atoms with Gasteiger partial charge >= 0.3 is 6.18 Å². The van der Waals surface area contributed by atoms with Crippen molar-refractivity contribution in [2.24, 2.45) is 23.7 Å². The quantitative estimate of drug-likeness (QED) is 0.308. The van der Waals surface area contributed by atoms with Gasteiger partial charge in [-0.3, -0.25) is 0 Å². The zero-order valence-corrected chi connectivity index (χ0v) is 19.9. The molecule has 0 amide bonds. The Hall–Kier alpha value is -2.13. The van der Waals surface area contributed by atoms with E-state index in [1.54, 1.807) is 0 Å². The predicted octanol–water partition coefficient (Wildman–Crippen LogP) is 8.81. The highest BCUT2D eigenvalue weighted by molar-refractivity contribution is 5.39. The third-order valence-corrected chi connectivity index (χ3v) is 7.21. The zero-order valence-electron chi connectivity index (χ0n) is 19.9. The third kappa shape index (κ3) is 8.97. The average Bonchev–Trinajstić information content (AvgIpc) is 2.82. The molecule has 0 aliphatic heterocycles. The van der Waals surface area contributed by atoms with Gasteiger partial charge in [-0.15, -0.1) is 0 Å². The van der Waals surface area contributed by atoms with E-state index < -0.39 is 11.7 Å². The summed E-state index contributed by atoms with van der Waals surface area (Å²) < 4.78 is 37.8. The highest BCUT2D eigenvalue weighted by atomic mass is 19.4. The normalized spacial score (nSPS) is 25.7. The maximum absolute atomic E-state index is 12.6. The van der Waals surface area contributed by atoms with E-state index in [-0.39, 0.29) is 0 Å². The molecule has 2 aliphatic rings. The first kappa shape index (κ1) is 25.5. The number of hydrogen-bond donors (Lipinski definition) is 0. The van der Waals surface area contributed by atoms with Gasteiger partial charge in [0.2, 0.25) is 0 Å². The maximum Gasteiger partial charge on any atom is 0.416 e. The summed E-state index contributed by atoms with van der Waals surface area (Å²) in [4.78, 5) is 0. The Labute approximate surface area is 198 Å². The van der Waals surface area contributed by atoms with Gasteiger partial charge < -0.3 is 0 Å². The van der Waals surface area contributed by atoms with E-state index in [9.17, 15) is 13.2 Å². The van der Waals surface area contributed by atoms with Gasteiger partial charge in [0.15, 0.2) is 0 Å². The Morgan fingerprint density at radius 2 is 1.45 bits per heavy atom. The molecule has 0 bridgehead atoms. The lowest BCUT2D eigenvalue weighted by Crippen LogP contribution is -2.14. The predicted molar refractivity (Wildman–Crippen MR) is 130 cm³/mol. The summed E-state index contributed by atoms with van der Waals surface area (Å²) >= 11 is 0. The average molecular weight is 455 g/mol. The van der Waals surface area contributed by atoms with E-state index in [2.05, 4.69) is 36.7 Å². The van der Waals surface area contributed by atoms with Crippen LogP contribution in [-0.4, -0.2) is 0 Å². The molecule has 2 fully saturated rings. The fraction of sp³-hybridized carbons (Fsp3) is 0.600. The fourth-order valence-corrected chi connectivity index (χ4v) is 5.02. The number of allylic oxidation sites excluding steroid dienone is 2. The Bertz CT molecular complexity index is 854. The van der Waals surface area contributed by atoms with Crippen molar-refractivity contribution in [2.45, 2.75) is 90.1 Å². The molecule has 0 saturated heterocycles. The summed E-state index contributed by atoms with van der Waals surface area (Å²) in [5.41, 5.74) is -0.0415. The lowest BCUT2D eigenvalue weighted by Gasteiger charge is -2.26. The van der Waals surface area contributed by atoms with Crippen LogP contribution in [0.15, 0.2) is 36.4 Å². The minimum absolute atomic E-state index is 0.531. The van der Waals surface area contributed by atoms with Gasteiger partial charge in [-0.2, -0.15) is 13.2 Å². The molecule has 33 heavy (non-hydrogen) atoms. The molecule has 3 rings (SSSR count). The van der Waals surface area contributed by atoms with Crippen LogP contribution >= 0.6 is 0 Å². The molecule has 0 unspecified atom stereocenters. The van der Waals surface area contributed by atoms with Crippen molar-refractivity contribution < 1.29 is 13.2 Å². The van der Waals surface area contributed by atoms with E-state index in [1.807, 2.05) is 6.08 Å². The molecular weight excluding hydrogens is 417 g/mol. The minimum Gasteiger partial charge on any atom is -0.166 e. The molecule has 2 saturated carbocycles. The first-order chi connectivity index (χ1) is 15.9. The summed E-state index contributed by atoms with van der Waals surface area (Å²) in [7, 11) is 0. The van der Waals surface area contributed by atoms with Crippen LogP contribution in [0.1, 0.15) is 95.1 Å². The van der Waals surface area contributed by atoms with Crippen molar-refractivity contribution in [3.63, 3.8) is 0 Å². The van der Waals surface area contributed by atoms with Crippen molar-refractivity contribution in [3.8, 4) is 23.7 Å². The van der Waals surface area contributed by atoms with Crippen molar-refractivity contribution in [3.05, 3.63) is 47.5 Å². The summed E-state index contributed by atoms with van der Waals surface area (Å²) in [5.74, 6) is 15.7. The molecule has 0 radical (unpaired) electrons. The van der Waals surface area contributed by atoms with Crippen LogP contribution in [0.5, 0.6) is 0 Å². The van der Waals surface area contributed by atoms with Crippen LogP contribution in [-0.2, 0) is 6.18 Å². The molecule has 0 atom stereocenters. The van der Waals surface area contributed by atoms with E-state index >= 15 is 0 Å². The highest BCUT2D eigenvalue weighted by Crippen LogP contribution is 2.33. The Balaban J connectivity index is 1.36.